The van der Waals surface area contributed by atoms with Gasteiger partial charge < -0.3 is 19.7 Å². The maximum atomic E-state index is 12.2. The van der Waals surface area contributed by atoms with Crippen molar-refractivity contribution in [2.45, 2.75) is 0 Å². The second-order valence-electron chi connectivity index (χ2n) is 6.31. The second kappa shape index (κ2) is 7.31. The molecule has 0 spiro atoms. The van der Waals surface area contributed by atoms with Gasteiger partial charge in [-0.1, -0.05) is 0 Å². The smallest absolute Gasteiger partial charge is 0.350 e. The van der Waals surface area contributed by atoms with Crippen LogP contribution in [0, 0.1) is 0 Å². The minimum Gasteiger partial charge on any atom is -0.488 e. The molecule has 0 aliphatic carbocycles. The van der Waals surface area contributed by atoms with Crippen molar-refractivity contribution in [1.29, 1.82) is 0 Å². The van der Waals surface area contributed by atoms with Crippen molar-refractivity contribution < 1.29 is 14.3 Å². The molecule has 0 saturated heterocycles. The van der Waals surface area contributed by atoms with E-state index in [-0.39, 0.29) is 11.6 Å². The highest BCUT2D eigenvalue weighted by molar-refractivity contribution is 5.94. The highest BCUT2D eigenvalue weighted by Gasteiger charge is 2.23. The number of rotatable bonds is 5. The third-order valence-electron chi connectivity index (χ3n) is 4.48. The van der Waals surface area contributed by atoms with Gasteiger partial charge in [-0.25, -0.2) is 14.5 Å². The number of carbonyl (C=O) groups excluding carboxylic acids is 1. The van der Waals surface area contributed by atoms with E-state index in [1.54, 1.807) is 26.4 Å². The first-order chi connectivity index (χ1) is 13.6. The van der Waals surface area contributed by atoms with E-state index in [1.165, 1.54) is 15.3 Å². The molecule has 1 aliphatic heterocycles. The highest BCUT2D eigenvalue weighted by Crippen LogP contribution is 2.35. The van der Waals surface area contributed by atoms with Crippen LogP contribution in [0.2, 0.25) is 0 Å². The van der Waals surface area contributed by atoms with Crippen molar-refractivity contribution in [2.24, 2.45) is 7.05 Å². The summed E-state index contributed by atoms with van der Waals surface area (Å²) in [6, 6.07) is 5.34. The third kappa shape index (κ3) is 3.18. The number of nitrogens with one attached hydrogen (secondary N) is 1. The highest BCUT2D eigenvalue weighted by atomic mass is 16.5. The normalized spacial score (nSPS) is 13.3. The summed E-state index contributed by atoms with van der Waals surface area (Å²) in [4.78, 5) is 30.6. The monoisotopic (exact) mass is 384 g/mol. The molecule has 0 aromatic carbocycles. The van der Waals surface area contributed by atoms with Crippen LogP contribution in [0.4, 0.5) is 11.5 Å². The first-order valence-electron chi connectivity index (χ1n) is 8.81. The molecule has 1 amide bonds. The largest absolute Gasteiger partial charge is 0.488 e. The van der Waals surface area contributed by atoms with E-state index in [0.717, 1.165) is 5.69 Å². The number of fused-ring (bicyclic) bond motifs is 2. The van der Waals surface area contributed by atoms with Crippen LogP contribution >= 0.6 is 0 Å². The van der Waals surface area contributed by atoms with Crippen LogP contribution in [0.25, 0.3) is 5.65 Å². The molecule has 1 N–H and O–H groups in total. The quantitative estimate of drug-likeness (QED) is 0.633. The zero-order chi connectivity index (χ0) is 19.7. The fourth-order valence-electron chi connectivity index (χ4n) is 3.08. The van der Waals surface area contributed by atoms with Crippen molar-refractivity contribution in [3.8, 4) is 5.75 Å². The second-order valence-corrected chi connectivity index (χ2v) is 6.31. The first-order valence-corrected chi connectivity index (χ1v) is 8.81. The molecule has 0 atom stereocenters. The minimum absolute atomic E-state index is 0.203. The van der Waals surface area contributed by atoms with Gasteiger partial charge in [0.25, 0.3) is 5.91 Å². The van der Waals surface area contributed by atoms with Crippen LogP contribution in [0.5, 0.6) is 5.75 Å². The predicted molar refractivity (Wildman–Crippen MR) is 101 cm³/mol. The molecule has 4 heterocycles. The molecule has 10 heteroatoms. The molecule has 0 radical (unpaired) electrons. The molecule has 0 saturated carbocycles. The lowest BCUT2D eigenvalue weighted by atomic mass is 10.2. The Balaban J connectivity index is 1.64. The van der Waals surface area contributed by atoms with Gasteiger partial charge in [0.15, 0.2) is 17.2 Å². The molecule has 4 rings (SSSR count). The summed E-state index contributed by atoms with van der Waals surface area (Å²) in [6.45, 7) is 1.90. The van der Waals surface area contributed by atoms with Crippen molar-refractivity contribution >= 4 is 23.1 Å². The number of aromatic nitrogens is 4. The van der Waals surface area contributed by atoms with Crippen molar-refractivity contribution in [3.63, 3.8) is 0 Å². The molecule has 3 aromatic heterocycles. The molecule has 28 heavy (non-hydrogen) atoms. The fraction of sp³-hybridized carbons (Fsp3) is 0.333. The van der Waals surface area contributed by atoms with Crippen molar-refractivity contribution in [1.82, 2.24) is 24.5 Å². The molecule has 146 valence electrons. The van der Waals surface area contributed by atoms with E-state index >= 15 is 0 Å². The summed E-state index contributed by atoms with van der Waals surface area (Å²) in [5, 5.41) is 6.98. The Kier molecular flexibility index (Phi) is 4.70. The maximum absolute atomic E-state index is 12.2. The Morgan fingerprint density at radius 1 is 1.39 bits per heavy atom. The van der Waals surface area contributed by atoms with Crippen LogP contribution < -0.4 is 20.6 Å². The Morgan fingerprint density at radius 3 is 3.07 bits per heavy atom. The lowest BCUT2D eigenvalue weighted by Crippen LogP contribution is -2.31. The van der Waals surface area contributed by atoms with Gasteiger partial charge in [-0.2, -0.15) is 5.10 Å². The average molecular weight is 384 g/mol. The van der Waals surface area contributed by atoms with E-state index < -0.39 is 0 Å². The number of nitrogens with zero attached hydrogens (tertiary/aromatic N) is 5. The molecule has 10 nitrogen and oxygen atoms in total. The van der Waals surface area contributed by atoms with Gasteiger partial charge in [-0.3, -0.25) is 9.20 Å². The summed E-state index contributed by atoms with van der Waals surface area (Å²) in [6.07, 6.45) is 3.21. The van der Waals surface area contributed by atoms with Gasteiger partial charge in [0.1, 0.15) is 6.61 Å². The summed E-state index contributed by atoms with van der Waals surface area (Å²) in [5.41, 5.74) is 1.61. The lowest BCUT2D eigenvalue weighted by Gasteiger charge is -2.30. The number of ether oxygens (including phenoxy) is 2. The Labute approximate surface area is 160 Å². The molecule has 0 unspecified atom stereocenters. The van der Waals surface area contributed by atoms with Crippen LogP contribution in [0.3, 0.4) is 0 Å². The lowest BCUT2D eigenvalue weighted by molar-refractivity contribution is 0.0936. The van der Waals surface area contributed by atoms with Gasteiger partial charge in [-0.05, 0) is 12.1 Å². The number of aryl methyl sites for hydroxylation is 1. The molecule has 1 aliphatic rings. The molecular formula is C18H20N6O4. The van der Waals surface area contributed by atoms with Gasteiger partial charge in [0.05, 0.1) is 18.7 Å². The van der Waals surface area contributed by atoms with Crippen LogP contribution in [-0.2, 0) is 11.8 Å². The third-order valence-corrected chi connectivity index (χ3v) is 4.48. The fourth-order valence-corrected chi connectivity index (χ4v) is 3.08. The number of amides is 1. The molecular weight excluding hydrogens is 364 g/mol. The molecule has 0 bridgehead atoms. The number of hydrogen-bond donors (Lipinski definition) is 1. The molecule has 3 aromatic rings. The van der Waals surface area contributed by atoms with Crippen molar-refractivity contribution in [2.75, 3.05) is 38.3 Å². The average Bonchev–Trinajstić information content (AvgIpc) is 3.00. The zero-order valence-electron chi connectivity index (χ0n) is 15.6. The summed E-state index contributed by atoms with van der Waals surface area (Å²) < 4.78 is 13.4. The van der Waals surface area contributed by atoms with Crippen LogP contribution in [0.15, 0.2) is 35.4 Å². The van der Waals surface area contributed by atoms with Gasteiger partial charge in [0.2, 0.25) is 0 Å². The van der Waals surface area contributed by atoms with Crippen molar-refractivity contribution in [3.05, 3.63) is 46.6 Å². The first kappa shape index (κ1) is 18.0. The van der Waals surface area contributed by atoms with E-state index in [4.69, 9.17) is 9.47 Å². The van der Waals surface area contributed by atoms with Crippen LogP contribution in [0.1, 0.15) is 10.4 Å². The van der Waals surface area contributed by atoms with Gasteiger partial charge in [0, 0.05) is 44.8 Å². The molecule has 0 fully saturated rings. The van der Waals surface area contributed by atoms with Crippen LogP contribution in [-0.4, -0.2) is 58.5 Å². The van der Waals surface area contributed by atoms with E-state index in [1.807, 2.05) is 17.0 Å². The summed E-state index contributed by atoms with van der Waals surface area (Å²) >= 11 is 0. The minimum atomic E-state index is -0.234. The number of anilines is 2. The summed E-state index contributed by atoms with van der Waals surface area (Å²) in [7, 11) is 3.19. The number of pyridine rings is 2. The van der Waals surface area contributed by atoms with E-state index in [2.05, 4.69) is 15.4 Å². The Morgan fingerprint density at radius 2 is 2.25 bits per heavy atom. The van der Waals surface area contributed by atoms with Gasteiger partial charge in [-0.15, -0.1) is 0 Å². The predicted octanol–water partition coefficient (Wildman–Crippen LogP) is 0.335. The number of hydrogen-bond acceptors (Lipinski definition) is 7. The standard InChI is InChI=1S/C18H20N6O4/c1-22-18(26)24-5-3-13(10-15(24)21-22)23-6-8-28-14-9-12(11-20-16(14)23)17(25)19-4-7-27-2/h3,5,9-11H,4,6-8H2,1-2H3,(H,19,25). The Hall–Kier alpha value is -3.40. The van der Waals surface area contributed by atoms with Gasteiger partial charge >= 0.3 is 5.69 Å². The number of carbonyl (C=O) groups is 1. The Bertz CT molecular complexity index is 1090. The number of methoxy groups -OCH3 is 1. The topological polar surface area (TPSA) is 103 Å². The maximum Gasteiger partial charge on any atom is 0.350 e. The zero-order valence-corrected chi connectivity index (χ0v) is 15.6. The SMILES string of the molecule is COCCNC(=O)c1cnc2c(c1)OCCN2c1ccn2c(=O)n(C)nc2c1. The van der Waals surface area contributed by atoms with E-state index in [9.17, 15) is 9.59 Å². The summed E-state index contributed by atoms with van der Waals surface area (Å²) in [5.74, 6) is 0.911. The van der Waals surface area contributed by atoms with E-state index in [0.29, 0.717) is 49.1 Å².